The third kappa shape index (κ3) is 3.16. The topological polar surface area (TPSA) is 0 Å². The molecule has 0 radical (unpaired) electrons. The molecule has 6 bridgehead atoms. The van der Waals surface area contributed by atoms with Crippen molar-refractivity contribution in [3.05, 3.63) is 0 Å². The molecule has 0 aromatic heterocycles. The number of fused-ring (bicyclic) bond motifs is 1. The molecule has 0 spiro atoms. The van der Waals surface area contributed by atoms with Gasteiger partial charge in [-0.05, 0) is 111 Å². The summed E-state index contributed by atoms with van der Waals surface area (Å²) >= 11 is 10.4. The number of hydrogen-bond acceptors (Lipinski definition) is 2. The molecule has 8 saturated carbocycles. The van der Waals surface area contributed by atoms with Crippen molar-refractivity contribution in [2.45, 2.75) is 100 Å². The zero-order chi connectivity index (χ0) is 18.8. The Morgan fingerprint density at radius 2 is 1.07 bits per heavy atom. The van der Waals surface area contributed by atoms with Crippen molar-refractivity contribution < 1.29 is 0 Å². The Balaban J connectivity index is 1.22. The normalized spacial score (nSPS) is 56.6. The van der Waals surface area contributed by atoms with E-state index in [1.165, 1.54) is 44.9 Å². The molecule has 0 nitrogen and oxygen atoms in total. The lowest BCUT2D eigenvalue weighted by Crippen LogP contribution is -2.51. The summed E-state index contributed by atoms with van der Waals surface area (Å²) in [4.78, 5) is 0. The number of thiol groups is 2. The van der Waals surface area contributed by atoms with Gasteiger partial charge in [0.15, 0.2) is 0 Å². The molecule has 2 heteroatoms. The molecule has 0 N–H and O–H groups in total. The molecule has 8 aliphatic rings. The van der Waals surface area contributed by atoms with Gasteiger partial charge in [0, 0.05) is 10.5 Å². The lowest BCUT2D eigenvalue weighted by Gasteiger charge is -2.56. The van der Waals surface area contributed by atoms with Crippen molar-refractivity contribution in [1.29, 1.82) is 0 Å². The van der Waals surface area contributed by atoms with Gasteiger partial charge in [-0.2, -0.15) is 25.3 Å². The first-order valence-corrected chi connectivity index (χ1v) is 14.1. The summed E-state index contributed by atoms with van der Waals surface area (Å²) < 4.78 is 0. The van der Waals surface area contributed by atoms with Gasteiger partial charge >= 0.3 is 0 Å². The lowest BCUT2D eigenvalue weighted by atomic mass is 9.51. The van der Waals surface area contributed by atoms with Crippen LogP contribution in [0, 0.1) is 59.2 Å². The minimum Gasteiger partial charge on any atom is -0.176 e. The summed E-state index contributed by atoms with van der Waals surface area (Å²) in [6.07, 6.45) is 21.5. The van der Waals surface area contributed by atoms with Gasteiger partial charge in [0.2, 0.25) is 0 Å². The van der Waals surface area contributed by atoms with Crippen molar-refractivity contribution in [1.82, 2.24) is 0 Å². The molecule has 11 unspecified atom stereocenters. The van der Waals surface area contributed by atoms with E-state index in [9.17, 15) is 0 Å². The summed E-state index contributed by atoms with van der Waals surface area (Å²) in [5, 5.41) is 1.37. The standard InChI is InChI=1S/C26H42S2/c27-25-12-18-8-10-20(25)24-14-23(26(24)28)17-7-5-15(11-17)6-9-19-21(13-22(18)19)16-3-1-2-4-16/h15-28H,1-14H2. The van der Waals surface area contributed by atoms with E-state index in [1.54, 1.807) is 44.9 Å². The SMILES string of the molecule is SC1CC2CCC1C1CC(C3CCC(CCC4C(C5CCCC5)CC24)C3)C1S. The van der Waals surface area contributed by atoms with E-state index < -0.39 is 0 Å². The summed E-state index contributed by atoms with van der Waals surface area (Å²) in [6, 6.07) is 0. The van der Waals surface area contributed by atoms with E-state index in [2.05, 4.69) is 0 Å². The second-order valence-electron chi connectivity index (χ2n) is 12.1. The van der Waals surface area contributed by atoms with Crippen molar-refractivity contribution >= 4 is 25.3 Å². The fourth-order valence-electron chi connectivity index (χ4n) is 9.58. The van der Waals surface area contributed by atoms with Crippen LogP contribution in [0.25, 0.3) is 0 Å². The highest BCUT2D eigenvalue weighted by molar-refractivity contribution is 7.81. The van der Waals surface area contributed by atoms with Crippen LogP contribution in [-0.2, 0) is 0 Å². The van der Waals surface area contributed by atoms with E-state index in [4.69, 9.17) is 25.3 Å². The van der Waals surface area contributed by atoms with Crippen molar-refractivity contribution in [2.24, 2.45) is 59.2 Å². The molecule has 28 heavy (non-hydrogen) atoms. The first kappa shape index (κ1) is 19.4. The lowest BCUT2D eigenvalue weighted by molar-refractivity contribution is -0.0432. The molecule has 158 valence electrons. The zero-order valence-corrected chi connectivity index (χ0v) is 19.5. The van der Waals surface area contributed by atoms with Crippen LogP contribution in [0.1, 0.15) is 89.9 Å². The summed E-state index contributed by atoms with van der Waals surface area (Å²) in [5.41, 5.74) is 0. The van der Waals surface area contributed by atoms with Gasteiger partial charge in [-0.25, -0.2) is 0 Å². The maximum Gasteiger partial charge on any atom is 0.00792 e. The minimum atomic E-state index is 0.671. The number of rotatable bonds is 1. The molecule has 0 aromatic rings. The Morgan fingerprint density at radius 1 is 0.429 bits per heavy atom. The zero-order valence-electron chi connectivity index (χ0n) is 17.7. The van der Waals surface area contributed by atoms with E-state index in [1.807, 2.05) is 0 Å². The fraction of sp³-hybridized carbons (Fsp3) is 1.00. The molecular formula is C26H42S2. The average Bonchev–Trinajstić information content (AvgIpc) is 3.33. The van der Waals surface area contributed by atoms with Crippen LogP contribution in [0.4, 0.5) is 0 Å². The van der Waals surface area contributed by atoms with Crippen LogP contribution >= 0.6 is 25.3 Å². The highest BCUT2D eigenvalue weighted by atomic mass is 32.1. The third-order valence-corrected chi connectivity index (χ3v) is 12.6. The second-order valence-corrected chi connectivity index (χ2v) is 13.4. The predicted octanol–water partition coefficient (Wildman–Crippen LogP) is 7.29. The Hall–Kier alpha value is 0.700. The molecule has 0 aromatic carbocycles. The Bertz CT molecular complexity index is 569. The first-order chi connectivity index (χ1) is 13.7. The van der Waals surface area contributed by atoms with Crippen LogP contribution in [0.5, 0.6) is 0 Å². The van der Waals surface area contributed by atoms with E-state index >= 15 is 0 Å². The number of hydrogen-bond donors (Lipinski definition) is 2. The Morgan fingerprint density at radius 3 is 1.86 bits per heavy atom. The predicted molar refractivity (Wildman–Crippen MR) is 125 cm³/mol. The van der Waals surface area contributed by atoms with Gasteiger partial charge in [-0.15, -0.1) is 0 Å². The maximum absolute atomic E-state index is 5.23. The van der Waals surface area contributed by atoms with Gasteiger partial charge < -0.3 is 0 Å². The van der Waals surface area contributed by atoms with Gasteiger partial charge in [-0.3, -0.25) is 0 Å². The minimum absolute atomic E-state index is 0.671. The van der Waals surface area contributed by atoms with Crippen LogP contribution in [0.2, 0.25) is 0 Å². The molecule has 8 fully saturated rings. The summed E-state index contributed by atoms with van der Waals surface area (Å²) in [6.45, 7) is 0. The molecule has 11 atom stereocenters. The average molecular weight is 419 g/mol. The molecule has 0 amide bonds. The van der Waals surface area contributed by atoms with Crippen LogP contribution in [-0.4, -0.2) is 10.5 Å². The van der Waals surface area contributed by atoms with Crippen molar-refractivity contribution in [3.63, 3.8) is 0 Å². The van der Waals surface area contributed by atoms with Gasteiger partial charge in [0.05, 0.1) is 0 Å². The van der Waals surface area contributed by atoms with E-state index in [0.29, 0.717) is 10.5 Å². The molecule has 0 heterocycles. The van der Waals surface area contributed by atoms with E-state index in [0.717, 1.165) is 59.2 Å². The van der Waals surface area contributed by atoms with Gasteiger partial charge in [0.1, 0.15) is 0 Å². The van der Waals surface area contributed by atoms with Crippen LogP contribution in [0.3, 0.4) is 0 Å². The van der Waals surface area contributed by atoms with Crippen molar-refractivity contribution in [2.75, 3.05) is 0 Å². The molecule has 8 aliphatic carbocycles. The first-order valence-electron chi connectivity index (χ1n) is 13.0. The molecule has 0 saturated heterocycles. The van der Waals surface area contributed by atoms with Crippen LogP contribution < -0.4 is 0 Å². The van der Waals surface area contributed by atoms with Gasteiger partial charge in [-0.1, -0.05) is 38.5 Å². The highest BCUT2D eigenvalue weighted by Crippen LogP contribution is 2.61. The largest absolute Gasteiger partial charge is 0.176 e. The highest BCUT2D eigenvalue weighted by Gasteiger charge is 2.53. The van der Waals surface area contributed by atoms with Crippen LogP contribution in [0.15, 0.2) is 0 Å². The molecular weight excluding hydrogens is 376 g/mol. The summed E-state index contributed by atoms with van der Waals surface area (Å²) in [5.74, 6) is 10.2. The Kier molecular flexibility index (Phi) is 5.32. The molecule has 8 rings (SSSR count). The van der Waals surface area contributed by atoms with Gasteiger partial charge in [0.25, 0.3) is 0 Å². The van der Waals surface area contributed by atoms with Crippen molar-refractivity contribution in [3.8, 4) is 0 Å². The Labute approximate surface area is 184 Å². The summed E-state index contributed by atoms with van der Waals surface area (Å²) in [7, 11) is 0. The van der Waals surface area contributed by atoms with E-state index in [-0.39, 0.29) is 0 Å². The fourth-order valence-corrected chi connectivity index (χ4v) is 10.9. The maximum atomic E-state index is 5.23. The monoisotopic (exact) mass is 418 g/mol. The smallest absolute Gasteiger partial charge is 0.00792 e. The second kappa shape index (κ2) is 7.68. The quantitative estimate of drug-likeness (QED) is 0.410. The molecule has 0 aliphatic heterocycles. The third-order valence-electron chi connectivity index (χ3n) is 11.2.